The van der Waals surface area contributed by atoms with Gasteiger partial charge in [-0.1, -0.05) is 30.3 Å². The van der Waals surface area contributed by atoms with Crippen LogP contribution >= 0.6 is 11.3 Å². The lowest BCUT2D eigenvalue weighted by atomic mass is 10.1. The van der Waals surface area contributed by atoms with Crippen molar-refractivity contribution >= 4 is 44.2 Å². The van der Waals surface area contributed by atoms with Crippen LogP contribution in [0.4, 0.5) is 19.6 Å². The van der Waals surface area contributed by atoms with Crippen LogP contribution in [0.15, 0.2) is 60.0 Å². The van der Waals surface area contributed by atoms with Gasteiger partial charge < -0.3 is 4.74 Å². The molecule has 3 rings (SSSR count). The van der Waals surface area contributed by atoms with Crippen LogP contribution in [0.5, 0.6) is 5.75 Å². The minimum absolute atomic E-state index is 0.0342. The van der Waals surface area contributed by atoms with E-state index in [1.54, 1.807) is 47.8 Å². The molecule has 0 fully saturated rings. The summed E-state index contributed by atoms with van der Waals surface area (Å²) in [7, 11) is -1.89. The van der Waals surface area contributed by atoms with E-state index in [-0.39, 0.29) is 5.75 Å². The van der Waals surface area contributed by atoms with Gasteiger partial charge in [-0.05, 0) is 24.3 Å². The van der Waals surface area contributed by atoms with E-state index in [9.17, 15) is 22.0 Å². The largest absolute Gasteiger partial charge is 0.434 e. The maximum Gasteiger partial charge on any atom is 0.387 e. The van der Waals surface area contributed by atoms with Gasteiger partial charge in [-0.3, -0.25) is 14.4 Å². The fourth-order valence-electron chi connectivity index (χ4n) is 2.63. The Morgan fingerprint density at radius 2 is 1.88 bits per heavy atom. The fraction of sp³-hybridized carbons (Fsp3) is 0.143. The van der Waals surface area contributed by atoms with Crippen molar-refractivity contribution in [3.05, 3.63) is 65.6 Å². The van der Waals surface area contributed by atoms with Gasteiger partial charge in [0.05, 0.1) is 17.6 Å². The molecule has 2 aromatic carbocycles. The van der Waals surface area contributed by atoms with Crippen LogP contribution in [0.25, 0.3) is 17.3 Å². The molecular weight excluding hydrogens is 460 g/mol. The highest BCUT2D eigenvalue weighted by atomic mass is 32.2. The van der Waals surface area contributed by atoms with E-state index in [1.807, 2.05) is 0 Å². The second-order valence-electron chi connectivity index (χ2n) is 6.55. The number of aromatic nitrogens is 1. The topological polar surface area (TPSA) is 88.6 Å². The SMILES string of the molecule is CN(c1ccc(-c2csc(NC(=O)/C=C/c3ccccc3OC(F)F)n2)cc1)S(C)(=O)=O. The number of nitrogens with one attached hydrogen (secondary N) is 1. The lowest BCUT2D eigenvalue weighted by molar-refractivity contribution is -0.111. The monoisotopic (exact) mass is 479 g/mol. The van der Waals surface area contributed by atoms with E-state index in [0.717, 1.165) is 11.8 Å². The molecule has 1 aromatic heterocycles. The molecule has 0 aliphatic carbocycles. The summed E-state index contributed by atoms with van der Waals surface area (Å²) in [5.41, 5.74) is 2.21. The number of ether oxygens (including phenoxy) is 1. The number of rotatable bonds is 8. The lowest BCUT2D eigenvalue weighted by Gasteiger charge is -2.16. The van der Waals surface area contributed by atoms with Crippen molar-refractivity contribution in [1.82, 2.24) is 4.98 Å². The quantitative estimate of drug-likeness (QED) is 0.482. The van der Waals surface area contributed by atoms with Gasteiger partial charge in [-0.2, -0.15) is 8.78 Å². The van der Waals surface area contributed by atoms with Crippen LogP contribution in [-0.4, -0.2) is 39.2 Å². The van der Waals surface area contributed by atoms with E-state index >= 15 is 0 Å². The summed E-state index contributed by atoms with van der Waals surface area (Å²) in [5.74, 6) is -0.518. The zero-order valence-electron chi connectivity index (χ0n) is 17.0. The van der Waals surface area contributed by atoms with Crippen molar-refractivity contribution in [3.8, 4) is 17.0 Å². The molecule has 32 heavy (non-hydrogen) atoms. The van der Waals surface area contributed by atoms with Gasteiger partial charge in [-0.25, -0.2) is 13.4 Å². The molecule has 168 valence electrons. The van der Waals surface area contributed by atoms with E-state index in [2.05, 4.69) is 15.0 Å². The van der Waals surface area contributed by atoms with Gasteiger partial charge in [0.1, 0.15) is 5.75 Å². The van der Waals surface area contributed by atoms with Crippen molar-refractivity contribution in [3.63, 3.8) is 0 Å². The van der Waals surface area contributed by atoms with Gasteiger partial charge in [0.25, 0.3) is 0 Å². The van der Waals surface area contributed by atoms with E-state index in [0.29, 0.717) is 22.1 Å². The summed E-state index contributed by atoms with van der Waals surface area (Å²) < 4.78 is 53.8. The van der Waals surface area contributed by atoms with E-state index < -0.39 is 22.5 Å². The number of anilines is 2. The van der Waals surface area contributed by atoms with Crippen LogP contribution in [0.3, 0.4) is 0 Å². The molecule has 7 nitrogen and oxygen atoms in total. The van der Waals surface area contributed by atoms with E-state index in [4.69, 9.17) is 0 Å². The predicted molar refractivity (Wildman–Crippen MR) is 122 cm³/mol. The first-order valence-corrected chi connectivity index (χ1v) is 11.9. The first-order chi connectivity index (χ1) is 15.1. The summed E-state index contributed by atoms with van der Waals surface area (Å²) in [6, 6.07) is 12.9. The molecular formula is C21H19F2N3O4S2. The molecule has 0 saturated heterocycles. The van der Waals surface area contributed by atoms with Crippen molar-refractivity contribution in [2.24, 2.45) is 0 Å². The Kier molecular flexibility index (Phi) is 7.21. The van der Waals surface area contributed by atoms with Gasteiger partial charge in [0.15, 0.2) is 5.13 Å². The van der Waals surface area contributed by atoms with E-state index in [1.165, 1.54) is 40.9 Å². The molecule has 0 spiro atoms. The highest BCUT2D eigenvalue weighted by Gasteiger charge is 2.13. The summed E-state index contributed by atoms with van der Waals surface area (Å²) in [4.78, 5) is 16.5. The first-order valence-electron chi connectivity index (χ1n) is 9.16. The predicted octanol–water partition coefficient (Wildman–Crippen LogP) is 4.46. The molecule has 0 atom stereocenters. The maximum atomic E-state index is 12.5. The number of thiazole rings is 1. The second kappa shape index (κ2) is 9.88. The van der Waals surface area contributed by atoms with Crippen LogP contribution in [0.1, 0.15) is 5.56 Å². The third-order valence-electron chi connectivity index (χ3n) is 4.31. The van der Waals surface area contributed by atoms with Gasteiger partial charge in [-0.15, -0.1) is 11.3 Å². The Hall–Kier alpha value is -3.31. The molecule has 0 unspecified atom stereocenters. The molecule has 0 radical (unpaired) electrons. The van der Waals surface area contributed by atoms with Crippen molar-refractivity contribution in [1.29, 1.82) is 0 Å². The average Bonchev–Trinajstić information content (AvgIpc) is 3.20. The number of alkyl halides is 2. The fourth-order valence-corrected chi connectivity index (χ4v) is 3.86. The molecule has 1 N–H and O–H groups in total. The molecule has 0 aliphatic heterocycles. The molecule has 1 amide bonds. The second-order valence-corrected chi connectivity index (χ2v) is 9.43. The van der Waals surface area contributed by atoms with Gasteiger partial charge in [0, 0.05) is 29.6 Å². The zero-order chi connectivity index (χ0) is 23.3. The van der Waals surface area contributed by atoms with Crippen LogP contribution in [0.2, 0.25) is 0 Å². The highest BCUT2D eigenvalue weighted by Crippen LogP contribution is 2.27. The van der Waals surface area contributed by atoms with Crippen molar-refractivity contribution < 1.29 is 26.7 Å². The zero-order valence-corrected chi connectivity index (χ0v) is 18.7. The number of benzene rings is 2. The lowest BCUT2D eigenvalue weighted by Crippen LogP contribution is -2.24. The number of hydrogen-bond acceptors (Lipinski definition) is 6. The van der Waals surface area contributed by atoms with Gasteiger partial charge in [0.2, 0.25) is 15.9 Å². The minimum Gasteiger partial charge on any atom is -0.434 e. The smallest absolute Gasteiger partial charge is 0.387 e. The molecule has 0 bridgehead atoms. The normalized spacial score (nSPS) is 11.7. The molecule has 0 aliphatic rings. The summed E-state index contributed by atoms with van der Waals surface area (Å²) >= 11 is 1.21. The maximum absolute atomic E-state index is 12.5. The third-order valence-corrected chi connectivity index (χ3v) is 6.27. The van der Waals surface area contributed by atoms with Crippen LogP contribution in [0, 0.1) is 0 Å². The Morgan fingerprint density at radius 3 is 2.53 bits per heavy atom. The Bertz CT molecular complexity index is 1230. The molecule has 0 saturated carbocycles. The average molecular weight is 480 g/mol. The first kappa shape index (κ1) is 23.4. The van der Waals surface area contributed by atoms with Crippen LogP contribution < -0.4 is 14.4 Å². The number of amides is 1. The number of nitrogens with zero attached hydrogens (tertiary/aromatic N) is 2. The number of hydrogen-bond donors (Lipinski definition) is 1. The number of para-hydroxylation sites is 1. The molecule has 1 heterocycles. The highest BCUT2D eigenvalue weighted by molar-refractivity contribution is 7.92. The molecule has 3 aromatic rings. The Balaban J connectivity index is 1.67. The summed E-state index contributed by atoms with van der Waals surface area (Å²) in [6.07, 6.45) is 3.69. The number of carbonyl (C=O) groups excluding carboxylic acids is 1. The summed E-state index contributed by atoms with van der Waals surface area (Å²) in [6.45, 7) is -2.96. The molecule has 11 heteroatoms. The van der Waals surface area contributed by atoms with Crippen LogP contribution in [-0.2, 0) is 14.8 Å². The van der Waals surface area contributed by atoms with Crippen molar-refractivity contribution in [2.45, 2.75) is 6.61 Å². The number of halogens is 2. The Labute approximate surface area is 188 Å². The Morgan fingerprint density at radius 1 is 1.19 bits per heavy atom. The number of carbonyl (C=O) groups is 1. The van der Waals surface area contributed by atoms with Crippen molar-refractivity contribution in [2.75, 3.05) is 22.9 Å². The summed E-state index contributed by atoms with van der Waals surface area (Å²) in [5, 5.41) is 4.72. The minimum atomic E-state index is -3.36. The number of sulfonamides is 1. The third kappa shape index (κ3) is 6.11. The standard InChI is InChI=1S/C21H19F2N3O4S2/c1-26(32(2,28)29)16-10-7-14(8-11-16)17-13-31-21(24-17)25-19(27)12-9-15-5-3-4-6-18(15)30-20(22)23/h3-13,20H,1-2H3,(H,24,25,27)/b12-9+. The van der Waals surface area contributed by atoms with Gasteiger partial charge >= 0.3 is 6.61 Å².